The van der Waals surface area contributed by atoms with Gasteiger partial charge in [0.1, 0.15) is 0 Å². The molecule has 0 saturated carbocycles. The van der Waals surface area contributed by atoms with Crippen molar-refractivity contribution in [2.75, 3.05) is 25.2 Å². The van der Waals surface area contributed by atoms with Crippen LogP contribution >= 0.6 is 34.9 Å². The van der Waals surface area contributed by atoms with Crippen LogP contribution in [0, 0.1) is 0 Å². The number of aromatic nitrogens is 2. The van der Waals surface area contributed by atoms with Gasteiger partial charge in [-0.3, -0.25) is 0 Å². The van der Waals surface area contributed by atoms with Crippen molar-refractivity contribution in [2.24, 2.45) is 0 Å². The SMILES string of the molecule is CCNC(C)(CO)CSc1nnc(SC)s1. The van der Waals surface area contributed by atoms with Gasteiger partial charge in [-0.25, -0.2) is 0 Å². The van der Waals surface area contributed by atoms with Gasteiger partial charge in [-0.05, 0) is 19.7 Å². The highest BCUT2D eigenvalue weighted by atomic mass is 32.2. The van der Waals surface area contributed by atoms with Crippen molar-refractivity contribution in [1.29, 1.82) is 0 Å². The molecule has 92 valence electrons. The van der Waals surface area contributed by atoms with Gasteiger partial charge in [0.25, 0.3) is 0 Å². The minimum absolute atomic E-state index is 0.127. The largest absolute Gasteiger partial charge is 0.394 e. The summed E-state index contributed by atoms with van der Waals surface area (Å²) < 4.78 is 1.94. The monoisotopic (exact) mass is 279 g/mol. The summed E-state index contributed by atoms with van der Waals surface area (Å²) in [6.07, 6.45) is 1.99. The fourth-order valence-corrected chi connectivity index (χ4v) is 3.69. The highest BCUT2D eigenvalue weighted by Gasteiger charge is 2.22. The third-order valence-corrected chi connectivity index (χ3v) is 5.44. The summed E-state index contributed by atoms with van der Waals surface area (Å²) in [5.74, 6) is 0.792. The van der Waals surface area contributed by atoms with Crippen molar-refractivity contribution >= 4 is 34.9 Å². The second-order valence-corrected chi connectivity index (χ2v) is 6.83. The Bertz CT molecular complexity index is 321. The number of hydrogen-bond acceptors (Lipinski definition) is 7. The first-order valence-electron chi connectivity index (χ1n) is 4.99. The highest BCUT2D eigenvalue weighted by molar-refractivity contribution is 8.03. The van der Waals surface area contributed by atoms with Crippen LogP contribution < -0.4 is 5.32 Å². The molecule has 0 aliphatic carbocycles. The van der Waals surface area contributed by atoms with E-state index in [2.05, 4.69) is 15.5 Å². The first kappa shape index (κ1) is 14.2. The number of aliphatic hydroxyl groups excluding tert-OH is 1. The van der Waals surface area contributed by atoms with E-state index in [0.717, 1.165) is 21.0 Å². The number of rotatable bonds is 7. The van der Waals surface area contributed by atoms with Crippen LogP contribution in [0.3, 0.4) is 0 Å². The van der Waals surface area contributed by atoms with E-state index in [9.17, 15) is 5.11 Å². The predicted molar refractivity (Wildman–Crippen MR) is 71.6 cm³/mol. The molecule has 0 aliphatic rings. The van der Waals surface area contributed by atoms with Crippen LogP contribution in [0.4, 0.5) is 0 Å². The van der Waals surface area contributed by atoms with E-state index < -0.39 is 0 Å². The maximum atomic E-state index is 9.33. The van der Waals surface area contributed by atoms with Crippen LogP contribution in [0.15, 0.2) is 8.68 Å². The van der Waals surface area contributed by atoms with Gasteiger partial charge in [-0.2, -0.15) is 0 Å². The van der Waals surface area contributed by atoms with Crippen LogP contribution in [0.2, 0.25) is 0 Å². The van der Waals surface area contributed by atoms with Crippen molar-refractivity contribution < 1.29 is 5.11 Å². The Labute approximate surface area is 109 Å². The minimum Gasteiger partial charge on any atom is -0.394 e. The molecule has 0 aliphatic heterocycles. The Morgan fingerprint density at radius 3 is 2.62 bits per heavy atom. The molecule has 1 heterocycles. The van der Waals surface area contributed by atoms with Crippen LogP contribution in [-0.2, 0) is 0 Å². The Kier molecular flexibility index (Phi) is 6.06. The molecule has 0 spiro atoms. The van der Waals surface area contributed by atoms with Crippen molar-refractivity contribution in [2.45, 2.75) is 28.1 Å². The average Bonchev–Trinajstić information content (AvgIpc) is 2.75. The number of likely N-dealkylation sites (N-methyl/N-ethyl adjacent to an activating group) is 1. The molecular formula is C9H17N3OS3. The summed E-state index contributed by atoms with van der Waals surface area (Å²) in [4.78, 5) is 0. The van der Waals surface area contributed by atoms with E-state index in [4.69, 9.17) is 0 Å². The second kappa shape index (κ2) is 6.80. The molecule has 0 fully saturated rings. The van der Waals surface area contributed by atoms with Crippen LogP contribution in [-0.4, -0.2) is 46.0 Å². The van der Waals surface area contributed by atoms with E-state index in [1.807, 2.05) is 20.1 Å². The summed E-state index contributed by atoms with van der Waals surface area (Å²) in [5.41, 5.74) is -0.245. The molecule has 0 radical (unpaired) electrons. The molecule has 1 unspecified atom stereocenters. The first-order chi connectivity index (χ1) is 7.63. The lowest BCUT2D eigenvalue weighted by Crippen LogP contribution is -2.47. The summed E-state index contributed by atoms with van der Waals surface area (Å²) in [7, 11) is 0. The third-order valence-electron chi connectivity index (χ3n) is 2.03. The van der Waals surface area contributed by atoms with Crippen molar-refractivity contribution in [3.05, 3.63) is 0 Å². The van der Waals surface area contributed by atoms with Gasteiger partial charge in [0, 0.05) is 11.3 Å². The zero-order valence-electron chi connectivity index (χ0n) is 9.69. The molecule has 1 aromatic heterocycles. The number of hydrogen-bond donors (Lipinski definition) is 2. The van der Waals surface area contributed by atoms with Crippen LogP contribution in [0.1, 0.15) is 13.8 Å². The quantitative estimate of drug-likeness (QED) is 0.741. The first-order valence-corrected chi connectivity index (χ1v) is 8.02. The molecule has 16 heavy (non-hydrogen) atoms. The van der Waals surface area contributed by atoms with Crippen LogP contribution in [0.25, 0.3) is 0 Å². The van der Waals surface area contributed by atoms with Gasteiger partial charge in [0.2, 0.25) is 0 Å². The Hall–Kier alpha value is 0.180. The van der Waals surface area contributed by atoms with Gasteiger partial charge in [-0.1, -0.05) is 41.8 Å². The number of nitrogens with zero attached hydrogens (tertiary/aromatic N) is 2. The third kappa shape index (κ3) is 4.21. The molecule has 0 aromatic carbocycles. The summed E-state index contributed by atoms with van der Waals surface area (Å²) in [6, 6.07) is 0. The van der Waals surface area contributed by atoms with Gasteiger partial charge >= 0.3 is 0 Å². The molecular weight excluding hydrogens is 262 g/mol. The second-order valence-electron chi connectivity index (χ2n) is 3.58. The molecule has 1 aromatic rings. The predicted octanol–water partition coefficient (Wildman–Crippen LogP) is 1.71. The van der Waals surface area contributed by atoms with E-state index >= 15 is 0 Å². The van der Waals surface area contributed by atoms with Crippen LogP contribution in [0.5, 0.6) is 0 Å². The fraction of sp³-hybridized carbons (Fsp3) is 0.778. The standard InChI is InChI=1S/C9H17N3OS3/c1-4-10-9(2,5-13)6-15-8-12-11-7(14-3)16-8/h10,13H,4-6H2,1-3H3. The minimum atomic E-state index is -0.245. The van der Waals surface area contributed by atoms with E-state index in [1.54, 1.807) is 34.9 Å². The maximum Gasteiger partial charge on any atom is 0.175 e. The Morgan fingerprint density at radius 1 is 1.44 bits per heavy atom. The Morgan fingerprint density at radius 2 is 2.12 bits per heavy atom. The van der Waals surface area contributed by atoms with Crippen molar-refractivity contribution in [1.82, 2.24) is 15.5 Å². The van der Waals surface area contributed by atoms with Gasteiger partial charge in [-0.15, -0.1) is 10.2 Å². The van der Waals surface area contributed by atoms with E-state index in [-0.39, 0.29) is 12.1 Å². The summed E-state index contributed by atoms with van der Waals surface area (Å²) in [6.45, 7) is 5.03. The topological polar surface area (TPSA) is 58.0 Å². The normalized spacial score (nSPS) is 15.0. The van der Waals surface area contributed by atoms with Gasteiger partial charge in [0.15, 0.2) is 8.68 Å². The molecule has 2 N–H and O–H groups in total. The lowest BCUT2D eigenvalue weighted by molar-refractivity contribution is 0.194. The van der Waals surface area contributed by atoms with Crippen molar-refractivity contribution in [3.8, 4) is 0 Å². The number of aliphatic hydroxyl groups is 1. The van der Waals surface area contributed by atoms with E-state index in [1.165, 1.54) is 0 Å². The molecule has 7 heteroatoms. The smallest absolute Gasteiger partial charge is 0.175 e. The van der Waals surface area contributed by atoms with E-state index in [0.29, 0.717) is 0 Å². The molecule has 1 atom stereocenters. The lowest BCUT2D eigenvalue weighted by Gasteiger charge is -2.27. The molecule has 4 nitrogen and oxygen atoms in total. The summed E-state index contributed by atoms with van der Waals surface area (Å²) in [5, 5.41) is 20.7. The highest BCUT2D eigenvalue weighted by Crippen LogP contribution is 2.29. The Balaban J connectivity index is 2.48. The molecule has 0 saturated heterocycles. The molecule has 1 rings (SSSR count). The molecule has 0 amide bonds. The number of nitrogens with one attached hydrogen (secondary N) is 1. The maximum absolute atomic E-state index is 9.33. The van der Waals surface area contributed by atoms with Gasteiger partial charge < -0.3 is 10.4 Å². The van der Waals surface area contributed by atoms with Crippen molar-refractivity contribution in [3.63, 3.8) is 0 Å². The fourth-order valence-electron chi connectivity index (χ4n) is 1.14. The zero-order chi connectivity index (χ0) is 12.0. The molecule has 0 bridgehead atoms. The number of thioether (sulfide) groups is 2. The zero-order valence-corrected chi connectivity index (χ0v) is 12.1. The summed E-state index contributed by atoms with van der Waals surface area (Å²) >= 11 is 4.84. The lowest BCUT2D eigenvalue weighted by atomic mass is 10.1. The van der Waals surface area contributed by atoms with Gasteiger partial charge in [0.05, 0.1) is 6.61 Å². The average molecular weight is 279 g/mol.